The second-order valence-corrected chi connectivity index (χ2v) is 12.9. The lowest BCUT2D eigenvalue weighted by atomic mass is 9.70. The van der Waals surface area contributed by atoms with E-state index in [4.69, 9.17) is 25.8 Å². The summed E-state index contributed by atoms with van der Waals surface area (Å²) in [6, 6.07) is 11.3. The van der Waals surface area contributed by atoms with Crippen molar-refractivity contribution in [3.8, 4) is 5.75 Å². The number of aryl methyl sites for hydroxylation is 1. The number of ether oxygens (including phenoxy) is 3. The lowest BCUT2D eigenvalue weighted by molar-refractivity contribution is -0.147. The number of hydrogen-bond acceptors (Lipinski definition) is 7. The number of carbonyl (C=O) groups excluding carboxylic acids is 1. The summed E-state index contributed by atoms with van der Waals surface area (Å²) in [5.41, 5.74) is 3.53. The normalized spacial score (nSPS) is 20.7. The largest absolute Gasteiger partial charge is 0.491 e. The third-order valence-electron chi connectivity index (χ3n) is 9.26. The molecule has 1 fully saturated rings. The van der Waals surface area contributed by atoms with Crippen LogP contribution in [-0.4, -0.2) is 86.7 Å². The van der Waals surface area contributed by atoms with Gasteiger partial charge in [-0.3, -0.25) is 4.79 Å². The van der Waals surface area contributed by atoms with Crippen LogP contribution < -0.4 is 9.64 Å². The maximum Gasteiger partial charge on any atom is 0.337 e. The first-order valence-electron chi connectivity index (χ1n) is 16.3. The number of hydrogen-bond donors (Lipinski definition) is 2. The maximum atomic E-state index is 11.7. The van der Waals surface area contributed by atoms with Gasteiger partial charge >= 0.3 is 5.97 Å². The predicted octanol–water partition coefficient (Wildman–Crippen LogP) is 5.88. The number of methoxy groups -OCH3 is 1. The van der Waals surface area contributed by atoms with Crippen molar-refractivity contribution < 1.29 is 34.0 Å². The lowest BCUT2D eigenvalue weighted by Crippen LogP contribution is -2.44. The van der Waals surface area contributed by atoms with Crippen molar-refractivity contribution in [2.75, 3.05) is 58.5 Å². The molecule has 1 amide bonds. The number of aliphatic carboxylic acids is 1. The van der Waals surface area contributed by atoms with E-state index in [2.05, 4.69) is 36.1 Å². The third kappa shape index (κ3) is 9.25. The monoisotopic (exact) mass is 656 g/mol. The Labute approximate surface area is 278 Å². The van der Waals surface area contributed by atoms with E-state index in [-0.39, 0.29) is 23.8 Å². The molecule has 1 aliphatic heterocycles. The molecular weight excluding hydrogens is 608 g/mol. The number of amides is 1. The van der Waals surface area contributed by atoms with Gasteiger partial charge < -0.3 is 34.2 Å². The smallest absolute Gasteiger partial charge is 0.337 e. The number of nitrogens with zero attached hydrogens (tertiary/aromatic N) is 2. The molecular formula is C36H49ClN2O7. The van der Waals surface area contributed by atoms with Crippen molar-refractivity contribution in [3.63, 3.8) is 0 Å². The molecule has 2 aliphatic rings. The van der Waals surface area contributed by atoms with Crippen LogP contribution in [0.4, 0.5) is 5.69 Å². The van der Waals surface area contributed by atoms with Gasteiger partial charge in [0.2, 0.25) is 5.91 Å². The number of aliphatic hydroxyl groups is 1. The van der Waals surface area contributed by atoms with Gasteiger partial charge in [-0.15, -0.1) is 0 Å². The van der Waals surface area contributed by atoms with Crippen LogP contribution in [0.3, 0.4) is 0 Å². The molecule has 252 valence electrons. The highest BCUT2D eigenvalue weighted by Crippen LogP contribution is 2.43. The third-order valence-corrected chi connectivity index (χ3v) is 9.50. The quantitative estimate of drug-likeness (QED) is 0.171. The van der Waals surface area contributed by atoms with E-state index in [1.165, 1.54) is 11.1 Å². The van der Waals surface area contributed by atoms with Gasteiger partial charge in [0.1, 0.15) is 5.75 Å². The standard InChI is InChI=1S/C36H49ClN2O7/c1-5-8-25-19-29(37)12-14-30(25)28-22-39(32-20-26(35(41)36(42)43)11-15-34(32)46-23-28)21-27-10-13-31(27)33(45-18-17-44-4)9-6-7-16-38(3)24(2)40/h6,9,11-12,14-15,19-20,27-28,31,33,35,41H,5,7-8,10,13,16-18,21-23H2,1-4H3,(H,42,43)/b9-6+. The predicted molar refractivity (Wildman–Crippen MR) is 180 cm³/mol. The number of carboxylic acids is 1. The van der Waals surface area contributed by atoms with Crippen molar-refractivity contribution in [3.05, 3.63) is 70.3 Å². The van der Waals surface area contributed by atoms with Crippen LogP contribution in [0.5, 0.6) is 5.75 Å². The molecule has 0 saturated heterocycles. The fourth-order valence-electron chi connectivity index (χ4n) is 6.43. The van der Waals surface area contributed by atoms with Gasteiger partial charge in [0.05, 0.1) is 31.6 Å². The number of anilines is 1. The highest BCUT2D eigenvalue weighted by atomic mass is 35.5. The van der Waals surface area contributed by atoms with Gasteiger partial charge in [-0.05, 0) is 78.5 Å². The summed E-state index contributed by atoms with van der Waals surface area (Å²) in [6.07, 6.45) is 7.22. The minimum atomic E-state index is -1.62. The van der Waals surface area contributed by atoms with Gasteiger partial charge in [0, 0.05) is 51.7 Å². The number of carboxylic acid groups (broad SMARTS) is 1. The van der Waals surface area contributed by atoms with E-state index in [9.17, 15) is 19.8 Å². The first-order valence-corrected chi connectivity index (χ1v) is 16.7. The molecule has 46 heavy (non-hydrogen) atoms. The topological polar surface area (TPSA) is 109 Å². The Bertz CT molecular complexity index is 1350. The van der Waals surface area contributed by atoms with Gasteiger partial charge in [-0.2, -0.15) is 0 Å². The Morgan fingerprint density at radius 3 is 2.67 bits per heavy atom. The Kier molecular flexibility index (Phi) is 13.3. The summed E-state index contributed by atoms with van der Waals surface area (Å²) >= 11 is 6.40. The number of aliphatic hydroxyl groups excluding tert-OH is 1. The zero-order valence-corrected chi connectivity index (χ0v) is 28.2. The summed E-state index contributed by atoms with van der Waals surface area (Å²) < 4.78 is 18.0. The molecule has 5 unspecified atom stereocenters. The maximum absolute atomic E-state index is 11.7. The second-order valence-electron chi connectivity index (χ2n) is 12.5. The SMILES string of the molecule is CCCc1cc(Cl)ccc1C1COc2ccc(C(O)C(=O)O)cc2N(CC2CCC2C(/C=C/CCN(C)C(C)=O)OCCOC)C1. The first kappa shape index (κ1) is 35.7. The summed E-state index contributed by atoms with van der Waals surface area (Å²) in [5, 5.41) is 20.6. The Hall–Kier alpha value is -3.11. The van der Waals surface area contributed by atoms with E-state index in [0.717, 1.165) is 44.3 Å². The minimum Gasteiger partial charge on any atom is -0.491 e. The molecule has 0 bridgehead atoms. The summed E-state index contributed by atoms with van der Waals surface area (Å²) in [6.45, 7) is 7.22. The summed E-state index contributed by atoms with van der Waals surface area (Å²) in [7, 11) is 3.46. The molecule has 2 N–H and O–H groups in total. The highest BCUT2D eigenvalue weighted by Gasteiger charge is 2.39. The Morgan fingerprint density at radius 1 is 1.20 bits per heavy atom. The summed E-state index contributed by atoms with van der Waals surface area (Å²) in [5.74, 6) is 0.0823. The van der Waals surface area contributed by atoms with E-state index in [1.807, 2.05) is 6.07 Å². The van der Waals surface area contributed by atoms with Crippen LogP contribution in [0.2, 0.25) is 5.02 Å². The molecule has 2 aromatic carbocycles. The van der Waals surface area contributed by atoms with Crippen LogP contribution in [-0.2, 0) is 25.5 Å². The highest BCUT2D eigenvalue weighted by molar-refractivity contribution is 6.30. The molecule has 1 aliphatic carbocycles. The number of carbonyl (C=O) groups is 2. The van der Waals surface area contributed by atoms with E-state index in [1.54, 1.807) is 44.2 Å². The lowest BCUT2D eigenvalue weighted by Gasteiger charge is -2.44. The van der Waals surface area contributed by atoms with E-state index >= 15 is 0 Å². The van der Waals surface area contributed by atoms with E-state index < -0.39 is 12.1 Å². The van der Waals surface area contributed by atoms with E-state index in [0.29, 0.717) is 55.2 Å². The molecule has 0 aromatic heterocycles. The number of halogens is 1. The van der Waals surface area contributed by atoms with Crippen LogP contribution in [0, 0.1) is 11.8 Å². The van der Waals surface area contributed by atoms with Crippen molar-refractivity contribution >= 4 is 29.2 Å². The molecule has 0 spiro atoms. The zero-order valence-electron chi connectivity index (χ0n) is 27.5. The molecule has 2 aromatic rings. The van der Waals surface area contributed by atoms with Crippen molar-refractivity contribution in [2.45, 2.75) is 64.1 Å². The van der Waals surface area contributed by atoms with Gasteiger partial charge in [0.15, 0.2) is 6.10 Å². The molecule has 10 heteroatoms. The van der Waals surface area contributed by atoms with Gasteiger partial charge in [0.25, 0.3) is 0 Å². The molecule has 4 rings (SSSR count). The van der Waals surface area contributed by atoms with Crippen LogP contribution >= 0.6 is 11.6 Å². The molecule has 1 saturated carbocycles. The van der Waals surface area contributed by atoms with Crippen LogP contribution in [0.15, 0.2) is 48.6 Å². The molecule has 1 heterocycles. The molecule has 0 radical (unpaired) electrons. The second kappa shape index (κ2) is 17.2. The average Bonchev–Trinajstić information content (AvgIpc) is 3.20. The number of rotatable bonds is 16. The fourth-order valence-corrected chi connectivity index (χ4v) is 6.62. The van der Waals surface area contributed by atoms with Crippen molar-refractivity contribution in [1.82, 2.24) is 4.90 Å². The Balaban J connectivity index is 1.61. The van der Waals surface area contributed by atoms with Gasteiger partial charge in [-0.1, -0.05) is 49.2 Å². The zero-order chi connectivity index (χ0) is 33.2. The van der Waals surface area contributed by atoms with Crippen molar-refractivity contribution in [1.29, 1.82) is 0 Å². The number of benzene rings is 2. The summed E-state index contributed by atoms with van der Waals surface area (Å²) in [4.78, 5) is 27.3. The minimum absolute atomic E-state index is 0.0415. The van der Waals surface area contributed by atoms with Crippen LogP contribution in [0.1, 0.15) is 68.2 Å². The average molecular weight is 657 g/mol. The molecule has 9 nitrogen and oxygen atoms in total. The number of fused-ring (bicyclic) bond motifs is 1. The van der Waals surface area contributed by atoms with Gasteiger partial charge in [-0.25, -0.2) is 4.79 Å². The fraction of sp³-hybridized carbons (Fsp3) is 0.556. The molecule has 5 atom stereocenters. The Morgan fingerprint density at radius 2 is 2.00 bits per heavy atom. The van der Waals surface area contributed by atoms with Crippen molar-refractivity contribution in [2.24, 2.45) is 11.8 Å². The van der Waals surface area contributed by atoms with Crippen LogP contribution in [0.25, 0.3) is 0 Å². The first-order chi connectivity index (χ1) is 22.1.